The average molecular weight is 428 g/mol. The van der Waals surface area contributed by atoms with Crippen LogP contribution in [0.25, 0.3) is 0 Å². The number of rotatable bonds is 5. The monoisotopic (exact) mass is 428 g/mol. The molecule has 0 aliphatic carbocycles. The first-order chi connectivity index (χ1) is 15.1. The topological polar surface area (TPSA) is 83.1 Å². The van der Waals surface area contributed by atoms with Crippen LogP contribution in [0.1, 0.15) is 12.0 Å². The van der Waals surface area contributed by atoms with Crippen molar-refractivity contribution in [3.63, 3.8) is 0 Å². The molecule has 4 rings (SSSR count). The molecule has 0 spiro atoms. The third kappa shape index (κ3) is 5.71. The van der Waals surface area contributed by atoms with Crippen LogP contribution in [0.2, 0.25) is 0 Å². The Bertz CT molecular complexity index is 955. The molecule has 31 heavy (non-hydrogen) atoms. The minimum atomic E-state index is -0.597. The van der Waals surface area contributed by atoms with Crippen molar-refractivity contribution < 1.29 is 23.5 Å². The van der Waals surface area contributed by atoms with Crippen molar-refractivity contribution in [1.82, 2.24) is 15.1 Å². The van der Waals surface area contributed by atoms with E-state index in [1.165, 1.54) is 6.07 Å². The third-order valence-corrected chi connectivity index (χ3v) is 5.28. The first kappa shape index (κ1) is 21.1. The summed E-state index contributed by atoms with van der Waals surface area (Å²) in [7, 11) is 0. The maximum Gasteiger partial charge on any atom is 0.325 e. The molecule has 2 aliphatic heterocycles. The first-order valence-electron chi connectivity index (χ1n) is 10.3. The molecule has 0 aromatic heterocycles. The van der Waals surface area contributed by atoms with Gasteiger partial charge in [-0.3, -0.25) is 19.9 Å². The molecule has 1 fully saturated rings. The van der Waals surface area contributed by atoms with Crippen LogP contribution in [0, 0.1) is 5.82 Å². The average Bonchev–Trinajstić information content (AvgIpc) is 3.10. The van der Waals surface area contributed by atoms with Gasteiger partial charge >= 0.3 is 6.03 Å². The fraction of sp³-hybridized carbons (Fsp3) is 0.364. The number of hydrogen-bond donors (Lipinski definition) is 2. The van der Waals surface area contributed by atoms with Crippen LogP contribution in [0.4, 0.5) is 14.9 Å². The van der Waals surface area contributed by atoms with Crippen LogP contribution in [-0.4, -0.2) is 61.3 Å². The molecule has 0 saturated carbocycles. The summed E-state index contributed by atoms with van der Waals surface area (Å²) in [6.45, 7) is 3.79. The number of urea groups is 1. The van der Waals surface area contributed by atoms with E-state index in [2.05, 4.69) is 15.5 Å². The standard InChI is InChI=1S/C22H25FN4O4/c23-18-5-2-1-4-16(18)13-26-8-3-9-27(11-10-26)14-21(28)25-22(29)24-17-6-7-19-20(12-17)31-15-30-19/h1-2,4-7,12H,3,8-11,13-15H2,(H2,24,25,28,29). The first-order valence-corrected chi connectivity index (χ1v) is 10.3. The summed E-state index contributed by atoms with van der Waals surface area (Å²) < 4.78 is 24.4. The number of fused-ring (bicyclic) bond motifs is 1. The number of carbonyl (C=O) groups is 2. The Kier molecular flexibility index (Phi) is 6.63. The summed E-state index contributed by atoms with van der Waals surface area (Å²) in [6, 6.07) is 11.2. The van der Waals surface area contributed by atoms with Gasteiger partial charge in [0.15, 0.2) is 11.5 Å². The minimum Gasteiger partial charge on any atom is -0.454 e. The van der Waals surface area contributed by atoms with Gasteiger partial charge in [-0.15, -0.1) is 0 Å². The molecule has 1 saturated heterocycles. The van der Waals surface area contributed by atoms with Gasteiger partial charge in [-0.05, 0) is 37.7 Å². The maximum atomic E-state index is 13.9. The van der Waals surface area contributed by atoms with Crippen molar-refractivity contribution in [3.8, 4) is 11.5 Å². The molecule has 0 bridgehead atoms. The second-order valence-electron chi connectivity index (χ2n) is 7.57. The lowest BCUT2D eigenvalue weighted by atomic mass is 10.2. The van der Waals surface area contributed by atoms with Crippen molar-refractivity contribution in [1.29, 1.82) is 0 Å². The smallest absolute Gasteiger partial charge is 0.325 e. The van der Waals surface area contributed by atoms with Gasteiger partial charge in [0.25, 0.3) is 0 Å². The summed E-state index contributed by atoms with van der Waals surface area (Å²) in [6.07, 6.45) is 0.866. The molecule has 0 radical (unpaired) electrons. The van der Waals surface area contributed by atoms with E-state index in [-0.39, 0.29) is 25.1 Å². The molecule has 2 heterocycles. The second kappa shape index (κ2) is 9.76. The predicted octanol–water partition coefficient (Wildman–Crippen LogP) is 2.41. The molecule has 0 atom stereocenters. The number of halogens is 1. The van der Waals surface area contributed by atoms with Crippen LogP contribution in [-0.2, 0) is 11.3 Å². The Labute approximate surface area is 179 Å². The molecule has 8 nitrogen and oxygen atoms in total. The Morgan fingerprint density at radius 3 is 2.61 bits per heavy atom. The fourth-order valence-corrected chi connectivity index (χ4v) is 3.71. The summed E-state index contributed by atoms with van der Waals surface area (Å²) in [5.74, 6) is 0.595. The number of amides is 3. The molecule has 3 amide bonds. The molecule has 0 unspecified atom stereocenters. The largest absolute Gasteiger partial charge is 0.454 e. The highest BCUT2D eigenvalue weighted by molar-refractivity contribution is 6.01. The quantitative estimate of drug-likeness (QED) is 0.761. The van der Waals surface area contributed by atoms with Crippen LogP contribution in [0.5, 0.6) is 11.5 Å². The minimum absolute atomic E-state index is 0.127. The summed E-state index contributed by atoms with van der Waals surface area (Å²) in [5.41, 5.74) is 1.18. The van der Waals surface area contributed by atoms with Crippen LogP contribution < -0.4 is 20.1 Å². The van der Waals surface area contributed by atoms with Crippen molar-refractivity contribution in [2.24, 2.45) is 0 Å². The number of anilines is 1. The molecule has 2 N–H and O–H groups in total. The van der Waals surface area contributed by atoms with Crippen LogP contribution in [0.15, 0.2) is 42.5 Å². The van der Waals surface area contributed by atoms with E-state index in [1.54, 1.807) is 30.3 Å². The molecular formula is C22H25FN4O4. The molecule has 164 valence electrons. The van der Waals surface area contributed by atoms with Gasteiger partial charge in [-0.2, -0.15) is 0 Å². The number of nitrogens with one attached hydrogen (secondary N) is 2. The van der Waals surface area contributed by atoms with Crippen molar-refractivity contribution >= 4 is 17.6 Å². The third-order valence-electron chi connectivity index (χ3n) is 5.28. The van der Waals surface area contributed by atoms with E-state index in [1.807, 2.05) is 11.0 Å². The lowest BCUT2D eigenvalue weighted by Crippen LogP contribution is -2.42. The highest BCUT2D eigenvalue weighted by Crippen LogP contribution is 2.34. The highest BCUT2D eigenvalue weighted by Gasteiger charge is 2.19. The van der Waals surface area contributed by atoms with Crippen molar-refractivity contribution in [3.05, 3.63) is 53.8 Å². The highest BCUT2D eigenvalue weighted by atomic mass is 19.1. The molecule has 2 aromatic carbocycles. The molecular weight excluding hydrogens is 403 g/mol. The number of hydrogen-bond acceptors (Lipinski definition) is 6. The van der Waals surface area contributed by atoms with Gasteiger partial charge in [0.05, 0.1) is 6.54 Å². The molecule has 9 heteroatoms. The lowest BCUT2D eigenvalue weighted by Gasteiger charge is -2.21. The Morgan fingerprint density at radius 2 is 1.74 bits per heavy atom. The van der Waals surface area contributed by atoms with Crippen LogP contribution >= 0.6 is 0 Å². The number of ether oxygens (including phenoxy) is 2. The summed E-state index contributed by atoms with van der Waals surface area (Å²) in [5, 5.41) is 4.98. The van der Waals surface area contributed by atoms with E-state index in [4.69, 9.17) is 9.47 Å². The number of benzene rings is 2. The number of imide groups is 1. The van der Waals surface area contributed by atoms with Gasteiger partial charge in [0.2, 0.25) is 12.7 Å². The van der Waals surface area contributed by atoms with E-state index in [0.29, 0.717) is 35.8 Å². The Balaban J connectivity index is 1.22. The number of nitrogens with zero attached hydrogens (tertiary/aromatic N) is 2. The summed E-state index contributed by atoms with van der Waals surface area (Å²) >= 11 is 0. The second-order valence-corrected chi connectivity index (χ2v) is 7.57. The van der Waals surface area contributed by atoms with E-state index in [9.17, 15) is 14.0 Å². The molecule has 2 aliphatic rings. The van der Waals surface area contributed by atoms with E-state index >= 15 is 0 Å². The van der Waals surface area contributed by atoms with Gasteiger partial charge < -0.3 is 14.8 Å². The van der Waals surface area contributed by atoms with Gasteiger partial charge in [-0.1, -0.05) is 18.2 Å². The Morgan fingerprint density at radius 1 is 0.968 bits per heavy atom. The van der Waals surface area contributed by atoms with E-state index < -0.39 is 6.03 Å². The summed E-state index contributed by atoms with van der Waals surface area (Å²) in [4.78, 5) is 28.6. The van der Waals surface area contributed by atoms with Gasteiger partial charge in [0.1, 0.15) is 5.82 Å². The lowest BCUT2D eigenvalue weighted by molar-refractivity contribution is -0.121. The van der Waals surface area contributed by atoms with Crippen molar-refractivity contribution in [2.45, 2.75) is 13.0 Å². The van der Waals surface area contributed by atoms with Crippen molar-refractivity contribution in [2.75, 3.05) is 44.8 Å². The predicted molar refractivity (Wildman–Crippen MR) is 112 cm³/mol. The van der Waals surface area contributed by atoms with E-state index in [0.717, 1.165) is 26.1 Å². The zero-order valence-electron chi connectivity index (χ0n) is 17.1. The zero-order chi connectivity index (χ0) is 21.6. The van der Waals surface area contributed by atoms with Gasteiger partial charge in [0, 0.05) is 37.0 Å². The maximum absolute atomic E-state index is 13.9. The zero-order valence-corrected chi connectivity index (χ0v) is 17.1. The normalized spacial score (nSPS) is 16.5. The Hall–Kier alpha value is -3.17. The van der Waals surface area contributed by atoms with Crippen LogP contribution in [0.3, 0.4) is 0 Å². The fourth-order valence-electron chi connectivity index (χ4n) is 3.71. The SMILES string of the molecule is O=C(CN1CCCN(Cc2ccccc2F)CC1)NC(=O)Nc1ccc2c(c1)OCO2. The molecule has 2 aromatic rings. The van der Waals surface area contributed by atoms with Gasteiger partial charge in [-0.25, -0.2) is 9.18 Å². The number of carbonyl (C=O) groups excluding carboxylic acids is 2.